The molecule has 1 aromatic heterocycles. The van der Waals surface area contributed by atoms with Crippen molar-refractivity contribution in [3.63, 3.8) is 0 Å². The van der Waals surface area contributed by atoms with E-state index in [1.807, 2.05) is 18.2 Å². The van der Waals surface area contributed by atoms with Gasteiger partial charge in [-0.05, 0) is 17.5 Å². The molecule has 8 heteroatoms. The summed E-state index contributed by atoms with van der Waals surface area (Å²) in [5, 5.41) is 12.9. The summed E-state index contributed by atoms with van der Waals surface area (Å²) in [6.07, 6.45) is 1.06. The fourth-order valence-electron chi connectivity index (χ4n) is 3.75. The molecule has 7 nitrogen and oxygen atoms in total. The Morgan fingerprint density at radius 1 is 1.14 bits per heavy atom. The van der Waals surface area contributed by atoms with Gasteiger partial charge in [-0.25, -0.2) is 0 Å². The molecule has 1 fully saturated rings. The number of nitrogens with one attached hydrogen (secondary N) is 1. The van der Waals surface area contributed by atoms with Gasteiger partial charge in [0.1, 0.15) is 17.6 Å². The van der Waals surface area contributed by atoms with Crippen LogP contribution in [0.1, 0.15) is 34.4 Å². The fourth-order valence-corrected chi connectivity index (χ4v) is 5.00. The van der Waals surface area contributed by atoms with E-state index in [9.17, 15) is 19.6 Å². The second kappa shape index (κ2) is 8.15. The number of hydrogen-bond donors (Lipinski definition) is 1. The van der Waals surface area contributed by atoms with Crippen LogP contribution in [-0.4, -0.2) is 40.6 Å². The van der Waals surface area contributed by atoms with Crippen molar-refractivity contribution in [1.82, 2.24) is 9.80 Å². The maximum atomic E-state index is 12.4. The molecule has 0 aliphatic carbocycles. The Morgan fingerprint density at radius 2 is 1.86 bits per heavy atom. The topological polar surface area (TPSA) is 93.5 Å². The van der Waals surface area contributed by atoms with E-state index in [1.54, 1.807) is 0 Å². The number of fused-ring (bicyclic) bond motifs is 1. The number of nitriles is 1. The van der Waals surface area contributed by atoms with Crippen LogP contribution in [-0.2, 0) is 33.9 Å². The van der Waals surface area contributed by atoms with Crippen molar-refractivity contribution in [3.8, 4) is 6.07 Å². The maximum Gasteiger partial charge on any atom is 0.245 e. The first kappa shape index (κ1) is 19.3. The van der Waals surface area contributed by atoms with E-state index in [0.717, 1.165) is 41.4 Å². The Morgan fingerprint density at radius 3 is 2.55 bits per heavy atom. The quantitative estimate of drug-likeness (QED) is 0.766. The highest BCUT2D eigenvalue weighted by molar-refractivity contribution is 7.16. The fraction of sp³-hybridized carbons (Fsp3) is 0.333. The van der Waals surface area contributed by atoms with Gasteiger partial charge in [0.25, 0.3) is 0 Å². The second-order valence-corrected chi connectivity index (χ2v) is 8.29. The Bertz CT molecular complexity index is 993. The number of amides is 3. The summed E-state index contributed by atoms with van der Waals surface area (Å²) in [5.41, 5.74) is 2.73. The third kappa shape index (κ3) is 4.06. The minimum Gasteiger partial charge on any atom is -0.315 e. The number of hydrogen-bond acceptors (Lipinski definition) is 6. The van der Waals surface area contributed by atoms with Crippen molar-refractivity contribution in [2.24, 2.45) is 0 Å². The normalized spacial score (nSPS) is 16.6. The smallest absolute Gasteiger partial charge is 0.245 e. The largest absolute Gasteiger partial charge is 0.315 e. The van der Waals surface area contributed by atoms with Gasteiger partial charge in [0.15, 0.2) is 0 Å². The number of anilines is 1. The van der Waals surface area contributed by atoms with Crippen LogP contribution in [0.3, 0.4) is 0 Å². The summed E-state index contributed by atoms with van der Waals surface area (Å²) in [4.78, 5) is 40.2. The number of imide groups is 1. The van der Waals surface area contributed by atoms with Crippen LogP contribution < -0.4 is 5.32 Å². The van der Waals surface area contributed by atoms with Crippen LogP contribution in [0.2, 0.25) is 0 Å². The molecule has 0 spiro atoms. The number of carbonyl (C=O) groups excluding carboxylic acids is 3. The Hall–Kier alpha value is -3.02. The third-order valence-corrected chi connectivity index (χ3v) is 6.34. The first-order valence-corrected chi connectivity index (χ1v) is 10.3. The highest BCUT2D eigenvalue weighted by atomic mass is 32.1. The molecule has 2 aliphatic rings. The van der Waals surface area contributed by atoms with E-state index in [1.165, 1.54) is 16.9 Å². The van der Waals surface area contributed by atoms with Crippen LogP contribution in [0.25, 0.3) is 0 Å². The molecule has 3 heterocycles. The predicted octanol–water partition coefficient (Wildman–Crippen LogP) is 2.27. The van der Waals surface area contributed by atoms with E-state index in [0.29, 0.717) is 10.6 Å². The van der Waals surface area contributed by atoms with Gasteiger partial charge in [0.2, 0.25) is 17.7 Å². The molecule has 2 aliphatic heterocycles. The highest BCUT2D eigenvalue weighted by Crippen LogP contribution is 2.37. The van der Waals surface area contributed by atoms with Crippen LogP contribution in [0.4, 0.5) is 5.00 Å². The minimum atomic E-state index is -0.454. The average Bonchev–Trinajstić information content (AvgIpc) is 3.22. The Kier molecular flexibility index (Phi) is 5.43. The molecular weight excluding hydrogens is 388 g/mol. The van der Waals surface area contributed by atoms with Gasteiger partial charge in [0, 0.05) is 37.4 Å². The van der Waals surface area contributed by atoms with Crippen LogP contribution in [0.5, 0.6) is 0 Å². The minimum absolute atomic E-state index is 0.153. The molecule has 4 rings (SSSR count). The average molecular weight is 408 g/mol. The molecule has 1 saturated heterocycles. The van der Waals surface area contributed by atoms with Gasteiger partial charge in [0.05, 0.1) is 5.56 Å². The number of rotatable bonds is 5. The van der Waals surface area contributed by atoms with E-state index in [2.05, 4.69) is 28.4 Å². The SMILES string of the molecule is N#Cc1c(NC(=O)CN2C(=O)CCC2=O)sc2c1CCN(Cc1ccccc1)C2. The van der Waals surface area contributed by atoms with Gasteiger partial charge >= 0.3 is 0 Å². The summed E-state index contributed by atoms with van der Waals surface area (Å²) in [6.45, 7) is 2.10. The number of likely N-dealkylation sites (tertiary alicyclic amines) is 1. The molecule has 0 saturated carbocycles. The molecule has 1 aromatic carbocycles. The van der Waals surface area contributed by atoms with Crippen LogP contribution in [0.15, 0.2) is 30.3 Å². The first-order chi connectivity index (χ1) is 14.0. The second-order valence-electron chi connectivity index (χ2n) is 7.19. The maximum absolute atomic E-state index is 12.4. The van der Waals surface area contributed by atoms with Gasteiger partial charge in [-0.2, -0.15) is 5.26 Å². The van der Waals surface area contributed by atoms with Gasteiger partial charge in [-0.15, -0.1) is 11.3 Å². The zero-order valence-corrected chi connectivity index (χ0v) is 16.6. The van der Waals surface area contributed by atoms with Crippen molar-refractivity contribution in [1.29, 1.82) is 5.26 Å². The zero-order chi connectivity index (χ0) is 20.4. The molecule has 148 valence electrons. The molecule has 1 N–H and O–H groups in total. The van der Waals surface area contributed by atoms with Gasteiger partial charge < -0.3 is 5.32 Å². The van der Waals surface area contributed by atoms with Crippen LogP contribution in [0, 0.1) is 11.3 Å². The number of thiophene rings is 1. The standard InChI is InChI=1S/C21H20N4O3S/c22-10-16-15-8-9-24(11-14-4-2-1-3-5-14)12-17(15)29-21(16)23-18(26)13-25-19(27)6-7-20(25)28/h1-5H,6-9,11-13H2,(H,23,26). The molecule has 0 radical (unpaired) electrons. The lowest BCUT2D eigenvalue weighted by atomic mass is 10.0. The molecule has 3 amide bonds. The number of benzene rings is 1. The van der Waals surface area contributed by atoms with Crippen molar-refractivity contribution < 1.29 is 14.4 Å². The van der Waals surface area contributed by atoms with E-state index < -0.39 is 5.91 Å². The molecule has 0 bridgehead atoms. The number of carbonyl (C=O) groups is 3. The van der Waals surface area contributed by atoms with Crippen molar-refractivity contribution in [2.45, 2.75) is 32.4 Å². The van der Waals surface area contributed by atoms with Gasteiger partial charge in [-0.1, -0.05) is 30.3 Å². The monoisotopic (exact) mass is 408 g/mol. The molecule has 2 aromatic rings. The molecular formula is C21H20N4O3S. The van der Waals surface area contributed by atoms with E-state index in [4.69, 9.17) is 0 Å². The summed E-state index contributed by atoms with van der Waals surface area (Å²) in [6, 6.07) is 12.4. The van der Waals surface area contributed by atoms with Crippen LogP contribution >= 0.6 is 11.3 Å². The van der Waals surface area contributed by atoms with E-state index in [-0.39, 0.29) is 31.2 Å². The third-order valence-electron chi connectivity index (χ3n) is 5.21. The summed E-state index contributed by atoms with van der Waals surface area (Å²) in [7, 11) is 0. The van der Waals surface area contributed by atoms with Crippen molar-refractivity contribution >= 4 is 34.1 Å². The lowest BCUT2D eigenvalue weighted by Crippen LogP contribution is -2.36. The molecule has 0 atom stereocenters. The Labute approximate surface area is 172 Å². The summed E-state index contributed by atoms with van der Waals surface area (Å²) >= 11 is 1.40. The lowest BCUT2D eigenvalue weighted by Gasteiger charge is -2.26. The predicted molar refractivity (Wildman–Crippen MR) is 108 cm³/mol. The summed E-state index contributed by atoms with van der Waals surface area (Å²) < 4.78 is 0. The Balaban J connectivity index is 1.46. The van der Waals surface area contributed by atoms with Crippen molar-refractivity contribution in [2.75, 3.05) is 18.4 Å². The van der Waals surface area contributed by atoms with Crippen molar-refractivity contribution in [3.05, 3.63) is 51.9 Å². The molecule has 29 heavy (non-hydrogen) atoms. The number of nitrogens with zero attached hydrogens (tertiary/aromatic N) is 3. The first-order valence-electron chi connectivity index (χ1n) is 9.49. The van der Waals surface area contributed by atoms with Gasteiger partial charge in [-0.3, -0.25) is 24.2 Å². The molecule has 0 unspecified atom stereocenters. The highest BCUT2D eigenvalue weighted by Gasteiger charge is 2.31. The lowest BCUT2D eigenvalue weighted by molar-refractivity contribution is -0.141. The van der Waals surface area contributed by atoms with E-state index >= 15 is 0 Å². The zero-order valence-electron chi connectivity index (χ0n) is 15.8. The summed E-state index contributed by atoms with van der Waals surface area (Å²) in [5.74, 6) is -1.11.